The third kappa shape index (κ3) is 7.62. The number of hydrogen-bond acceptors (Lipinski definition) is 10. The topological polar surface area (TPSA) is 143 Å². The third-order valence-electron chi connectivity index (χ3n) is 8.50. The number of hydrogen-bond donors (Lipinski definition) is 1. The number of carbonyl (C=O) groups excluding carboxylic acids is 4. The summed E-state index contributed by atoms with van der Waals surface area (Å²) in [6.07, 6.45) is -3.51. The van der Waals surface area contributed by atoms with Crippen LogP contribution in [-0.2, 0) is 46.3 Å². The van der Waals surface area contributed by atoms with Crippen molar-refractivity contribution in [3.63, 3.8) is 0 Å². The number of carbonyl (C=O) groups is 4. The molecule has 5 aromatic rings. The molecule has 0 saturated carbocycles. The van der Waals surface area contributed by atoms with Crippen LogP contribution in [0.1, 0.15) is 45.0 Å². The fraction of sp³-hybridized carbons (Fsp3) is 0.231. The number of aromatic amines is 1. The van der Waals surface area contributed by atoms with Gasteiger partial charge in [0.25, 0.3) is 0 Å². The summed E-state index contributed by atoms with van der Waals surface area (Å²) in [6.45, 7) is -0.113. The predicted molar refractivity (Wildman–Crippen MR) is 185 cm³/mol. The van der Waals surface area contributed by atoms with Gasteiger partial charge in [-0.25, -0.2) is 19.2 Å². The second kappa shape index (κ2) is 15.7. The summed E-state index contributed by atoms with van der Waals surface area (Å²) < 4.78 is 33.6. The van der Waals surface area contributed by atoms with Gasteiger partial charge in [0.15, 0.2) is 18.0 Å². The van der Waals surface area contributed by atoms with E-state index in [2.05, 4.69) is 4.98 Å². The third-order valence-corrected chi connectivity index (χ3v) is 8.50. The number of amides is 1. The van der Waals surface area contributed by atoms with Gasteiger partial charge in [0.1, 0.15) is 18.4 Å². The Bertz CT molecular complexity index is 2010. The van der Waals surface area contributed by atoms with Gasteiger partial charge in [-0.15, -0.1) is 0 Å². The molecule has 0 bridgehead atoms. The number of nitrogens with zero attached hydrogens (tertiary/aromatic N) is 1. The van der Waals surface area contributed by atoms with E-state index in [1.807, 2.05) is 42.5 Å². The molecule has 12 nitrogen and oxygen atoms in total. The van der Waals surface area contributed by atoms with Crippen LogP contribution in [0.4, 0.5) is 10.5 Å². The lowest BCUT2D eigenvalue weighted by atomic mass is 9.95. The molecule has 51 heavy (non-hydrogen) atoms. The summed E-state index contributed by atoms with van der Waals surface area (Å²) in [5, 5.41) is 0.442. The first kappa shape index (κ1) is 34.9. The van der Waals surface area contributed by atoms with E-state index >= 15 is 0 Å². The lowest BCUT2D eigenvalue weighted by Gasteiger charge is -2.35. The highest BCUT2D eigenvalue weighted by molar-refractivity contribution is 6.04. The van der Waals surface area contributed by atoms with Gasteiger partial charge < -0.3 is 33.4 Å². The molecule has 262 valence electrons. The minimum Gasteiger partial charge on any atom is -0.464 e. The number of H-pyrrole nitrogens is 1. The Kier molecular flexibility index (Phi) is 10.7. The Morgan fingerprint density at radius 2 is 1.37 bits per heavy atom. The average molecular weight is 693 g/mol. The van der Waals surface area contributed by atoms with Crippen LogP contribution in [0, 0.1) is 0 Å². The van der Waals surface area contributed by atoms with Crippen molar-refractivity contribution < 1.29 is 47.6 Å². The van der Waals surface area contributed by atoms with Crippen LogP contribution in [0.15, 0.2) is 103 Å². The van der Waals surface area contributed by atoms with Gasteiger partial charge in [-0.2, -0.15) is 0 Å². The molecule has 1 aliphatic rings. The van der Waals surface area contributed by atoms with E-state index in [4.69, 9.17) is 28.4 Å². The Balaban J connectivity index is 1.40. The SMILES string of the molecule is COC(=O)c1cc2c3c(cc(OC(=O)[C@@H](OC)c4ccccc4)c2[nH]1)N(C(=O)OCc1ccccc1)CC(OC(=O)[C@@H](OC)c1ccccc1)C3. The van der Waals surface area contributed by atoms with Gasteiger partial charge in [-0.3, -0.25) is 4.90 Å². The van der Waals surface area contributed by atoms with Gasteiger partial charge >= 0.3 is 24.0 Å². The number of methoxy groups -OCH3 is 3. The van der Waals surface area contributed by atoms with E-state index in [-0.39, 0.29) is 36.5 Å². The maximum atomic E-state index is 13.9. The van der Waals surface area contributed by atoms with Gasteiger partial charge in [-0.05, 0) is 28.3 Å². The molecule has 6 rings (SSSR count). The molecule has 1 amide bonds. The highest BCUT2D eigenvalue weighted by Gasteiger charge is 2.37. The highest BCUT2D eigenvalue weighted by Crippen LogP contribution is 2.41. The predicted octanol–water partition coefficient (Wildman–Crippen LogP) is 6.25. The van der Waals surface area contributed by atoms with E-state index in [0.29, 0.717) is 27.8 Å². The zero-order valence-corrected chi connectivity index (χ0v) is 28.2. The van der Waals surface area contributed by atoms with E-state index in [0.717, 1.165) is 5.56 Å². The number of ether oxygens (including phenoxy) is 6. The minimum absolute atomic E-state index is 0.0248. The number of rotatable bonds is 11. The maximum absolute atomic E-state index is 13.9. The lowest BCUT2D eigenvalue weighted by molar-refractivity contribution is -0.161. The summed E-state index contributed by atoms with van der Waals surface area (Å²) in [7, 11) is 4.05. The molecule has 3 atom stereocenters. The molecule has 0 spiro atoms. The molecular weight excluding hydrogens is 656 g/mol. The molecule has 12 heteroatoms. The number of fused-ring (bicyclic) bond motifs is 3. The molecule has 4 aromatic carbocycles. The molecule has 0 radical (unpaired) electrons. The van der Waals surface area contributed by atoms with Gasteiger partial charge in [0.2, 0.25) is 0 Å². The number of benzene rings is 4. The van der Waals surface area contributed by atoms with E-state index in [1.54, 1.807) is 54.6 Å². The van der Waals surface area contributed by atoms with Crippen molar-refractivity contribution in [2.24, 2.45) is 0 Å². The van der Waals surface area contributed by atoms with Crippen molar-refractivity contribution in [2.75, 3.05) is 32.8 Å². The molecule has 0 saturated heterocycles. The molecule has 0 aliphatic carbocycles. The Morgan fingerprint density at radius 1 is 0.784 bits per heavy atom. The van der Waals surface area contributed by atoms with Crippen molar-refractivity contribution in [1.82, 2.24) is 4.98 Å². The van der Waals surface area contributed by atoms with Crippen LogP contribution >= 0.6 is 0 Å². The first-order valence-corrected chi connectivity index (χ1v) is 16.1. The first-order chi connectivity index (χ1) is 24.8. The van der Waals surface area contributed by atoms with E-state index in [1.165, 1.54) is 32.3 Å². The molecule has 1 aromatic heterocycles. The lowest BCUT2D eigenvalue weighted by Crippen LogP contribution is -2.45. The van der Waals surface area contributed by atoms with Crippen LogP contribution < -0.4 is 9.64 Å². The maximum Gasteiger partial charge on any atom is 0.414 e. The largest absolute Gasteiger partial charge is 0.464 e. The summed E-state index contributed by atoms with van der Waals surface area (Å²) in [5.41, 5.74) is 3.18. The summed E-state index contributed by atoms with van der Waals surface area (Å²) >= 11 is 0. The van der Waals surface area contributed by atoms with Gasteiger partial charge in [0.05, 0.1) is 24.9 Å². The minimum atomic E-state index is -1.07. The zero-order valence-electron chi connectivity index (χ0n) is 28.2. The van der Waals surface area contributed by atoms with Gasteiger partial charge in [-0.1, -0.05) is 91.0 Å². The monoisotopic (exact) mass is 692 g/mol. The Labute approximate surface area is 293 Å². The van der Waals surface area contributed by atoms with Crippen molar-refractivity contribution >= 4 is 40.6 Å². The van der Waals surface area contributed by atoms with Crippen molar-refractivity contribution in [3.05, 3.63) is 131 Å². The fourth-order valence-corrected chi connectivity index (χ4v) is 6.09. The molecular formula is C39H36N2O10. The normalized spacial score (nSPS) is 15.0. The zero-order chi connectivity index (χ0) is 35.9. The fourth-order valence-electron chi connectivity index (χ4n) is 6.09. The van der Waals surface area contributed by atoms with E-state index in [9.17, 15) is 19.2 Å². The second-order valence-electron chi connectivity index (χ2n) is 11.7. The summed E-state index contributed by atoms with van der Waals surface area (Å²) in [6, 6.07) is 30.0. The molecule has 1 N–H and O–H groups in total. The molecule has 1 aliphatic heterocycles. The molecule has 1 unspecified atom stereocenters. The Hall–Kier alpha value is -5.98. The number of nitrogens with one attached hydrogen (secondary N) is 1. The quantitative estimate of drug-likeness (QED) is 0.0959. The van der Waals surface area contributed by atoms with Crippen LogP contribution in [0.2, 0.25) is 0 Å². The summed E-state index contributed by atoms with van der Waals surface area (Å²) in [5.74, 6) is -2.01. The average Bonchev–Trinajstić information content (AvgIpc) is 3.62. The molecule has 0 fully saturated rings. The second-order valence-corrected chi connectivity index (χ2v) is 11.7. The van der Waals surface area contributed by atoms with Crippen LogP contribution in [-0.4, -0.2) is 63.0 Å². The van der Waals surface area contributed by atoms with Crippen LogP contribution in [0.5, 0.6) is 5.75 Å². The number of aromatic nitrogens is 1. The number of esters is 3. The molecule has 2 heterocycles. The highest BCUT2D eigenvalue weighted by atomic mass is 16.6. The standard InChI is InChI=1S/C39H36N2O10/c1-46-34(25-15-9-5-10-16-25)37(43)50-27-19-28-29-20-30(36(42)48-3)40-33(29)32(51-38(44)35(47-2)26-17-11-6-12-18-26)21-31(28)41(22-27)39(45)49-23-24-13-7-4-8-14-24/h4-18,20-21,27,34-35,40H,19,22-23H2,1-3H3/t27?,34-,35-/m0/s1. The smallest absolute Gasteiger partial charge is 0.414 e. The van der Waals surface area contributed by atoms with Crippen molar-refractivity contribution in [3.8, 4) is 5.75 Å². The first-order valence-electron chi connectivity index (χ1n) is 16.1. The van der Waals surface area contributed by atoms with Crippen LogP contribution in [0.3, 0.4) is 0 Å². The van der Waals surface area contributed by atoms with Crippen molar-refractivity contribution in [1.29, 1.82) is 0 Å². The van der Waals surface area contributed by atoms with E-state index < -0.39 is 42.3 Å². The number of anilines is 1. The summed E-state index contributed by atoms with van der Waals surface area (Å²) in [4.78, 5) is 58.0. The van der Waals surface area contributed by atoms with Crippen LogP contribution in [0.25, 0.3) is 10.9 Å². The Morgan fingerprint density at radius 3 is 1.96 bits per heavy atom. The van der Waals surface area contributed by atoms with Gasteiger partial charge in [0, 0.05) is 32.1 Å². The van der Waals surface area contributed by atoms with Crippen molar-refractivity contribution in [2.45, 2.75) is 31.3 Å².